The Balaban J connectivity index is 1.10. The number of amides is 2. The molecule has 0 aromatic carbocycles. The Labute approximate surface area is 269 Å². The van der Waals surface area contributed by atoms with Gasteiger partial charge in [0, 0.05) is 17.5 Å². The largest absolute Gasteiger partial charge is 0.481 e. The summed E-state index contributed by atoms with van der Waals surface area (Å²) in [6.07, 6.45) is 11.4. The molecule has 0 bridgehead atoms. The quantitative estimate of drug-likeness (QED) is 0.229. The summed E-state index contributed by atoms with van der Waals surface area (Å²) in [6, 6.07) is 0.153. The van der Waals surface area contributed by atoms with E-state index in [-0.39, 0.29) is 41.5 Å². The Kier molecular flexibility index (Phi) is 12.7. The van der Waals surface area contributed by atoms with Crippen LogP contribution in [0.5, 0.6) is 0 Å². The minimum Gasteiger partial charge on any atom is -0.481 e. The zero-order valence-corrected chi connectivity index (χ0v) is 27.9. The molecule has 0 aliphatic heterocycles. The molecule has 256 valence electrons. The second-order valence-electron chi connectivity index (χ2n) is 15.7. The third-order valence-electron chi connectivity index (χ3n) is 11.0. The lowest BCUT2D eigenvalue weighted by molar-refractivity contribution is -0.150. The number of carbonyl (C=O) groups is 4. The number of hydrogen-bond acceptors (Lipinski definition) is 6. The maximum absolute atomic E-state index is 12.9. The topological polar surface area (TPSA) is 151 Å². The molecule has 0 radical (unpaired) electrons. The highest BCUT2D eigenvalue weighted by Crippen LogP contribution is 2.36. The fourth-order valence-electron chi connectivity index (χ4n) is 8.03. The number of rotatable bonds is 12. The molecule has 45 heavy (non-hydrogen) atoms. The van der Waals surface area contributed by atoms with Crippen LogP contribution in [-0.4, -0.2) is 71.5 Å². The molecule has 10 heteroatoms. The average Bonchev–Trinajstić information content (AvgIpc) is 3.00. The van der Waals surface area contributed by atoms with Crippen molar-refractivity contribution in [2.24, 2.45) is 40.9 Å². The monoisotopic (exact) mass is 634 g/mol. The summed E-state index contributed by atoms with van der Waals surface area (Å²) in [5.41, 5.74) is -0.149. The highest BCUT2D eigenvalue weighted by Gasteiger charge is 2.40. The van der Waals surface area contributed by atoms with E-state index in [0.29, 0.717) is 50.7 Å². The number of carboxylic acid groups (broad SMARTS) is 2. The number of carbonyl (C=O) groups excluding carboxylic acids is 2. The van der Waals surface area contributed by atoms with Gasteiger partial charge in [0.2, 0.25) is 11.8 Å². The molecule has 2 amide bonds. The van der Waals surface area contributed by atoms with Crippen LogP contribution in [0.4, 0.5) is 0 Å². The van der Waals surface area contributed by atoms with Crippen molar-refractivity contribution in [3.05, 3.63) is 0 Å². The average molecular weight is 635 g/mol. The zero-order valence-electron chi connectivity index (χ0n) is 27.9. The second-order valence-corrected chi connectivity index (χ2v) is 15.7. The number of carboxylic acids is 2. The van der Waals surface area contributed by atoms with Crippen molar-refractivity contribution in [3.63, 3.8) is 0 Å². The van der Waals surface area contributed by atoms with Crippen molar-refractivity contribution in [2.75, 3.05) is 13.2 Å². The van der Waals surface area contributed by atoms with Gasteiger partial charge in [0.1, 0.15) is 0 Å². The van der Waals surface area contributed by atoms with Crippen LogP contribution in [0.2, 0.25) is 0 Å². The van der Waals surface area contributed by atoms with E-state index < -0.39 is 35.6 Å². The van der Waals surface area contributed by atoms with E-state index in [0.717, 1.165) is 64.2 Å². The van der Waals surface area contributed by atoms with Gasteiger partial charge in [0.25, 0.3) is 0 Å². The van der Waals surface area contributed by atoms with Gasteiger partial charge in [-0.1, -0.05) is 27.7 Å². The van der Waals surface area contributed by atoms with E-state index in [1.165, 1.54) is 0 Å². The predicted octanol–water partition coefficient (Wildman–Crippen LogP) is 5.17. The first-order chi connectivity index (χ1) is 21.3. The molecule has 0 spiro atoms. The first kappa shape index (κ1) is 35.7. The Bertz CT molecular complexity index is 939. The summed E-state index contributed by atoms with van der Waals surface area (Å²) in [5.74, 6) is -3.25. The molecule has 10 nitrogen and oxygen atoms in total. The van der Waals surface area contributed by atoms with Crippen molar-refractivity contribution in [1.29, 1.82) is 0 Å². The van der Waals surface area contributed by atoms with Crippen molar-refractivity contribution >= 4 is 23.8 Å². The molecule has 6 atom stereocenters. The molecule has 4 fully saturated rings. The van der Waals surface area contributed by atoms with Crippen LogP contribution in [0.15, 0.2) is 0 Å². The van der Waals surface area contributed by atoms with Gasteiger partial charge < -0.3 is 30.3 Å². The second kappa shape index (κ2) is 16.1. The van der Waals surface area contributed by atoms with Gasteiger partial charge >= 0.3 is 11.9 Å². The zero-order chi connectivity index (χ0) is 32.7. The van der Waals surface area contributed by atoms with Gasteiger partial charge in [-0.2, -0.15) is 0 Å². The summed E-state index contributed by atoms with van der Waals surface area (Å²) in [4.78, 5) is 49.4. The molecule has 0 aromatic heterocycles. The van der Waals surface area contributed by atoms with Gasteiger partial charge in [-0.25, -0.2) is 0 Å². The van der Waals surface area contributed by atoms with Crippen LogP contribution >= 0.6 is 0 Å². The van der Waals surface area contributed by atoms with E-state index in [4.69, 9.17) is 9.47 Å². The first-order valence-corrected chi connectivity index (χ1v) is 17.6. The summed E-state index contributed by atoms with van der Waals surface area (Å²) < 4.78 is 12.6. The fourth-order valence-corrected chi connectivity index (χ4v) is 8.03. The molecular weight excluding hydrogens is 576 g/mol. The molecular formula is C35H58N2O8. The maximum atomic E-state index is 12.9. The van der Waals surface area contributed by atoms with E-state index >= 15 is 0 Å². The Morgan fingerprint density at radius 3 is 1.27 bits per heavy atom. The third kappa shape index (κ3) is 10.4. The van der Waals surface area contributed by atoms with E-state index in [2.05, 4.69) is 38.3 Å². The van der Waals surface area contributed by atoms with Crippen molar-refractivity contribution in [3.8, 4) is 0 Å². The Hall–Kier alpha value is -2.20. The Morgan fingerprint density at radius 1 is 0.578 bits per heavy atom. The highest BCUT2D eigenvalue weighted by atomic mass is 16.5. The van der Waals surface area contributed by atoms with Crippen LogP contribution in [0.3, 0.4) is 0 Å². The maximum Gasteiger partial charge on any atom is 0.307 e. The van der Waals surface area contributed by atoms with Gasteiger partial charge in [-0.3, -0.25) is 19.2 Å². The molecule has 4 N–H and O–H groups in total. The molecule has 0 saturated heterocycles. The van der Waals surface area contributed by atoms with Crippen LogP contribution in [-0.2, 0) is 28.7 Å². The first-order valence-electron chi connectivity index (χ1n) is 17.6. The minimum atomic E-state index is -0.858. The minimum absolute atomic E-state index is 0.0763. The summed E-state index contributed by atoms with van der Waals surface area (Å²) >= 11 is 0. The number of ether oxygens (including phenoxy) is 2. The normalized spacial score (nSPS) is 36.1. The number of nitrogens with one attached hydrogen (secondary N) is 2. The number of hydrogen-bond donors (Lipinski definition) is 4. The molecule has 0 aromatic rings. The SMILES string of the molecule is CC1CCC(C(=O)NC2CCC(OCC(C)(C)COC3CCC(NC(=O)C4CCC(C)CC4C(=O)O)CC3)CC2)C(C(=O)O)C1. The molecule has 4 rings (SSSR count). The lowest BCUT2D eigenvalue weighted by Crippen LogP contribution is -2.46. The summed E-state index contributed by atoms with van der Waals surface area (Å²) in [6.45, 7) is 9.60. The van der Waals surface area contributed by atoms with Gasteiger partial charge in [0.15, 0.2) is 0 Å². The predicted molar refractivity (Wildman–Crippen MR) is 169 cm³/mol. The van der Waals surface area contributed by atoms with Gasteiger partial charge in [-0.05, 0) is 102 Å². The van der Waals surface area contributed by atoms with Crippen LogP contribution in [0, 0.1) is 40.9 Å². The molecule has 4 aliphatic rings. The van der Waals surface area contributed by atoms with Gasteiger partial charge in [0.05, 0.1) is 49.1 Å². The molecule has 6 unspecified atom stereocenters. The summed E-state index contributed by atoms with van der Waals surface area (Å²) in [7, 11) is 0. The van der Waals surface area contributed by atoms with Crippen molar-refractivity contribution in [2.45, 2.75) is 142 Å². The smallest absolute Gasteiger partial charge is 0.307 e. The highest BCUT2D eigenvalue weighted by molar-refractivity contribution is 5.85. The molecule has 4 saturated carbocycles. The molecule has 4 aliphatic carbocycles. The molecule has 0 heterocycles. The fraction of sp³-hybridized carbons (Fsp3) is 0.886. The lowest BCUT2D eigenvalue weighted by Gasteiger charge is -2.36. The van der Waals surface area contributed by atoms with Crippen molar-refractivity contribution < 1.29 is 38.9 Å². The number of aliphatic carboxylic acids is 2. The Morgan fingerprint density at radius 2 is 0.933 bits per heavy atom. The third-order valence-corrected chi connectivity index (χ3v) is 11.0. The summed E-state index contributed by atoms with van der Waals surface area (Å²) in [5, 5.41) is 25.6. The van der Waals surface area contributed by atoms with Gasteiger partial charge in [-0.15, -0.1) is 0 Å². The van der Waals surface area contributed by atoms with Crippen LogP contribution < -0.4 is 10.6 Å². The van der Waals surface area contributed by atoms with E-state index in [1.54, 1.807) is 0 Å². The van der Waals surface area contributed by atoms with Crippen LogP contribution in [0.1, 0.15) is 118 Å². The lowest BCUT2D eigenvalue weighted by atomic mass is 9.74. The van der Waals surface area contributed by atoms with E-state index in [1.807, 2.05) is 0 Å². The van der Waals surface area contributed by atoms with Crippen molar-refractivity contribution in [1.82, 2.24) is 10.6 Å². The van der Waals surface area contributed by atoms with E-state index in [9.17, 15) is 29.4 Å². The standard InChI is InChI=1S/C35H58N2O8/c1-21-5-15-27(29(17-21)33(40)41)31(38)36-23-7-11-25(12-8-23)44-19-35(3,4)20-45-26-13-9-24(10-14-26)37-32(39)28-16-6-22(2)18-30(28)34(42)43/h21-30H,5-20H2,1-4H3,(H,36,38)(H,37,39)(H,40,41)(H,42,43). The van der Waals surface area contributed by atoms with Crippen LogP contribution in [0.25, 0.3) is 0 Å².